The number of ether oxygens (including phenoxy) is 3. The van der Waals surface area contributed by atoms with Crippen molar-refractivity contribution in [2.24, 2.45) is 0 Å². The zero-order valence-corrected chi connectivity index (χ0v) is 15.7. The van der Waals surface area contributed by atoms with E-state index in [-0.39, 0.29) is 5.60 Å². The molecule has 0 saturated carbocycles. The molecule has 0 N–H and O–H groups in total. The molecule has 1 aromatic carbocycles. The standard InChI is InChI=1S/C22H28O3/c1-16-7-5-8-17(2)15-24-21-13-18-10-12-22(3,11-6-9-16)25-19(18)14-20(21)23-4/h8-10,12-14H,5-7,11,15H2,1-4H3/b16-9+,17-8+/t22-/m0/s1. The van der Waals surface area contributed by atoms with E-state index in [0.717, 1.165) is 42.7 Å². The van der Waals surface area contributed by atoms with Gasteiger partial charge in [0.2, 0.25) is 0 Å². The Kier molecular flexibility index (Phi) is 5.22. The third kappa shape index (κ3) is 4.28. The van der Waals surface area contributed by atoms with Gasteiger partial charge in [-0.2, -0.15) is 0 Å². The van der Waals surface area contributed by atoms with Gasteiger partial charge in [0.05, 0.1) is 7.11 Å². The van der Waals surface area contributed by atoms with Crippen molar-refractivity contribution < 1.29 is 14.2 Å². The van der Waals surface area contributed by atoms with Crippen molar-refractivity contribution in [2.45, 2.75) is 52.1 Å². The van der Waals surface area contributed by atoms with Gasteiger partial charge < -0.3 is 14.2 Å². The van der Waals surface area contributed by atoms with E-state index in [1.165, 1.54) is 11.1 Å². The monoisotopic (exact) mass is 340 g/mol. The molecule has 25 heavy (non-hydrogen) atoms. The minimum Gasteiger partial charge on any atom is -0.493 e. The number of benzene rings is 1. The van der Waals surface area contributed by atoms with Crippen LogP contribution in [0.15, 0.2) is 41.5 Å². The summed E-state index contributed by atoms with van der Waals surface area (Å²) in [6, 6.07) is 3.95. The maximum Gasteiger partial charge on any atom is 0.164 e. The maximum atomic E-state index is 6.31. The molecule has 1 aromatic rings. The highest BCUT2D eigenvalue weighted by Gasteiger charge is 2.28. The number of hydrogen-bond acceptors (Lipinski definition) is 3. The predicted octanol–water partition coefficient (Wildman–Crippen LogP) is 5.70. The molecule has 1 atom stereocenters. The third-order valence-corrected chi connectivity index (χ3v) is 4.87. The van der Waals surface area contributed by atoms with Crippen LogP contribution in [-0.2, 0) is 0 Å². The Balaban J connectivity index is 1.96. The van der Waals surface area contributed by atoms with Gasteiger partial charge in [0, 0.05) is 11.6 Å². The van der Waals surface area contributed by atoms with Crippen LogP contribution in [0, 0.1) is 0 Å². The van der Waals surface area contributed by atoms with E-state index < -0.39 is 0 Å². The van der Waals surface area contributed by atoms with Crippen LogP contribution in [0.2, 0.25) is 0 Å². The minimum absolute atomic E-state index is 0.287. The van der Waals surface area contributed by atoms with Gasteiger partial charge in [0.25, 0.3) is 0 Å². The van der Waals surface area contributed by atoms with Gasteiger partial charge in [0.15, 0.2) is 11.5 Å². The third-order valence-electron chi connectivity index (χ3n) is 4.87. The van der Waals surface area contributed by atoms with E-state index in [0.29, 0.717) is 12.4 Å². The lowest BCUT2D eigenvalue weighted by Crippen LogP contribution is -2.31. The average Bonchev–Trinajstić information content (AvgIpc) is 2.58. The van der Waals surface area contributed by atoms with Crippen molar-refractivity contribution in [1.29, 1.82) is 0 Å². The molecule has 0 spiro atoms. The smallest absolute Gasteiger partial charge is 0.164 e. The van der Waals surface area contributed by atoms with Gasteiger partial charge in [-0.3, -0.25) is 0 Å². The SMILES string of the molecule is COc1cc2c3cc1OC/C(C)=C/CC/C(C)=C/CC[C@@](C)(C=C3)O2. The van der Waals surface area contributed by atoms with E-state index in [4.69, 9.17) is 14.2 Å². The molecule has 0 aliphatic carbocycles. The zero-order valence-electron chi connectivity index (χ0n) is 15.7. The van der Waals surface area contributed by atoms with Gasteiger partial charge in [0.1, 0.15) is 18.0 Å². The topological polar surface area (TPSA) is 27.7 Å². The largest absolute Gasteiger partial charge is 0.493 e. The summed E-state index contributed by atoms with van der Waals surface area (Å²) in [5, 5.41) is 0. The van der Waals surface area contributed by atoms with Crippen molar-refractivity contribution >= 4 is 6.08 Å². The number of methoxy groups -OCH3 is 1. The van der Waals surface area contributed by atoms with Crippen LogP contribution in [0.1, 0.15) is 52.0 Å². The minimum atomic E-state index is -0.287. The molecule has 5 rings (SSSR count). The molecule has 0 amide bonds. The molecule has 4 aliphatic heterocycles. The summed E-state index contributed by atoms with van der Waals surface area (Å²) in [5.41, 5.74) is 3.42. The zero-order chi connectivity index (χ0) is 17.9. The first kappa shape index (κ1) is 17.7. The Morgan fingerprint density at radius 1 is 1.04 bits per heavy atom. The van der Waals surface area contributed by atoms with E-state index in [2.05, 4.69) is 45.1 Å². The second-order valence-corrected chi connectivity index (χ2v) is 7.26. The molecule has 4 bridgehead atoms. The van der Waals surface area contributed by atoms with Crippen LogP contribution < -0.4 is 14.2 Å². The molecular weight excluding hydrogens is 312 g/mol. The number of allylic oxidation sites excluding steroid dienone is 3. The van der Waals surface area contributed by atoms with Gasteiger partial charge >= 0.3 is 0 Å². The van der Waals surface area contributed by atoms with Crippen molar-refractivity contribution in [3.63, 3.8) is 0 Å². The fraction of sp³-hybridized carbons (Fsp3) is 0.455. The average molecular weight is 340 g/mol. The Labute approximate surface area is 151 Å². The van der Waals surface area contributed by atoms with Crippen molar-refractivity contribution in [1.82, 2.24) is 0 Å². The Bertz CT molecular complexity index is 727. The fourth-order valence-corrected chi connectivity index (χ4v) is 3.24. The van der Waals surface area contributed by atoms with E-state index >= 15 is 0 Å². The summed E-state index contributed by atoms with van der Waals surface area (Å²) in [4.78, 5) is 0. The van der Waals surface area contributed by atoms with Crippen LogP contribution >= 0.6 is 0 Å². The normalized spacial score (nSPS) is 27.7. The quantitative estimate of drug-likeness (QED) is 0.613. The number of rotatable bonds is 1. The molecule has 0 fully saturated rings. The maximum absolute atomic E-state index is 6.31. The second-order valence-electron chi connectivity index (χ2n) is 7.26. The first-order chi connectivity index (χ1) is 12.0. The van der Waals surface area contributed by atoms with Crippen LogP contribution in [0.3, 0.4) is 0 Å². The lowest BCUT2D eigenvalue weighted by molar-refractivity contribution is 0.128. The summed E-state index contributed by atoms with van der Waals surface area (Å²) in [6.45, 7) is 7.03. The molecule has 4 heterocycles. The van der Waals surface area contributed by atoms with Crippen LogP contribution in [0.5, 0.6) is 17.2 Å². The molecular formula is C22H28O3. The summed E-state index contributed by atoms with van der Waals surface area (Å²) >= 11 is 0. The highest BCUT2D eigenvalue weighted by atomic mass is 16.5. The van der Waals surface area contributed by atoms with Crippen molar-refractivity contribution in [2.75, 3.05) is 13.7 Å². The van der Waals surface area contributed by atoms with Crippen LogP contribution in [0.4, 0.5) is 0 Å². The molecule has 0 saturated heterocycles. The first-order valence-electron chi connectivity index (χ1n) is 9.03. The fourth-order valence-electron chi connectivity index (χ4n) is 3.24. The molecule has 3 nitrogen and oxygen atoms in total. The number of fused-ring (bicyclic) bond motifs is 1. The highest BCUT2D eigenvalue weighted by Crippen LogP contribution is 2.41. The molecule has 3 heteroatoms. The summed E-state index contributed by atoms with van der Waals surface area (Å²) in [6.07, 6.45) is 13.0. The van der Waals surface area contributed by atoms with Gasteiger partial charge in [-0.15, -0.1) is 0 Å². The van der Waals surface area contributed by atoms with Crippen molar-refractivity contribution in [3.8, 4) is 17.2 Å². The Morgan fingerprint density at radius 3 is 2.64 bits per heavy atom. The van der Waals surface area contributed by atoms with Crippen LogP contribution in [0.25, 0.3) is 6.08 Å². The van der Waals surface area contributed by atoms with E-state index in [9.17, 15) is 0 Å². The second kappa shape index (κ2) is 7.38. The first-order valence-corrected chi connectivity index (χ1v) is 9.03. The highest BCUT2D eigenvalue weighted by molar-refractivity contribution is 5.66. The lowest BCUT2D eigenvalue weighted by atomic mass is 9.94. The summed E-state index contributed by atoms with van der Waals surface area (Å²) < 4.78 is 17.8. The van der Waals surface area contributed by atoms with Gasteiger partial charge in [-0.05, 0) is 64.2 Å². The molecule has 0 unspecified atom stereocenters. The van der Waals surface area contributed by atoms with E-state index in [1.54, 1.807) is 7.11 Å². The molecule has 134 valence electrons. The molecule has 4 aliphatic rings. The van der Waals surface area contributed by atoms with Gasteiger partial charge in [-0.1, -0.05) is 23.8 Å². The molecule has 0 radical (unpaired) electrons. The lowest BCUT2D eigenvalue weighted by Gasteiger charge is -2.32. The Hall–Kier alpha value is -2.16. The summed E-state index contributed by atoms with van der Waals surface area (Å²) in [7, 11) is 1.67. The van der Waals surface area contributed by atoms with Gasteiger partial charge in [-0.25, -0.2) is 0 Å². The number of hydrogen-bond donors (Lipinski definition) is 0. The summed E-state index contributed by atoms with van der Waals surface area (Å²) in [5.74, 6) is 2.33. The van der Waals surface area contributed by atoms with Crippen molar-refractivity contribution in [3.05, 3.63) is 47.1 Å². The predicted molar refractivity (Wildman–Crippen MR) is 103 cm³/mol. The Morgan fingerprint density at radius 2 is 1.84 bits per heavy atom. The van der Waals surface area contributed by atoms with E-state index in [1.807, 2.05) is 12.1 Å². The molecule has 0 aromatic heterocycles. The van der Waals surface area contributed by atoms with Crippen LogP contribution in [-0.4, -0.2) is 19.3 Å².